The van der Waals surface area contributed by atoms with Gasteiger partial charge in [0.25, 0.3) is 0 Å². The number of ether oxygens (including phenoxy) is 1. The molecule has 1 aliphatic heterocycles. The van der Waals surface area contributed by atoms with Crippen LogP contribution in [0.1, 0.15) is 19.4 Å². The first-order valence-corrected chi connectivity index (χ1v) is 8.25. The van der Waals surface area contributed by atoms with E-state index in [-0.39, 0.29) is 5.97 Å². The molecule has 0 spiro atoms. The van der Waals surface area contributed by atoms with Crippen molar-refractivity contribution in [1.29, 1.82) is 0 Å². The van der Waals surface area contributed by atoms with Crippen molar-refractivity contribution in [3.63, 3.8) is 0 Å². The van der Waals surface area contributed by atoms with E-state index in [1.54, 1.807) is 11.8 Å². The van der Waals surface area contributed by atoms with Crippen LogP contribution in [0.25, 0.3) is 4.47 Å². The number of carbonyl (C=O) groups excluding carboxylic acids is 1. The third-order valence-electron chi connectivity index (χ3n) is 2.27. The molecule has 0 radical (unpaired) electrons. The average molecular weight is 313 g/mol. The number of hydrogen-bond acceptors (Lipinski definition) is 3. The minimum atomic E-state index is -0.164. The Morgan fingerprint density at radius 3 is 2.76 bits per heavy atom. The number of carbonyl (C=O) groups is 1. The first kappa shape index (κ1) is 12.7. The molecule has 0 saturated carbocycles. The van der Waals surface area contributed by atoms with Crippen molar-refractivity contribution < 1.29 is 9.53 Å². The van der Waals surface area contributed by atoms with Crippen LogP contribution in [0.15, 0.2) is 35.2 Å². The summed E-state index contributed by atoms with van der Waals surface area (Å²) in [7, 11) is 0. The molecular weight excluding hydrogens is 299 g/mol. The second-order valence-electron chi connectivity index (χ2n) is 3.55. The summed E-state index contributed by atoms with van der Waals surface area (Å²) in [4.78, 5) is 12.7. The third kappa shape index (κ3) is 2.95. The van der Waals surface area contributed by atoms with Crippen molar-refractivity contribution in [1.82, 2.24) is 0 Å². The van der Waals surface area contributed by atoms with Gasteiger partial charge in [-0.2, -0.15) is 0 Å². The Kier molecular flexibility index (Phi) is 4.32. The summed E-state index contributed by atoms with van der Waals surface area (Å²) in [5, 5.41) is 0. The van der Waals surface area contributed by atoms with E-state index in [0.717, 1.165) is 10.5 Å². The average Bonchev–Trinajstić information content (AvgIpc) is 2.73. The van der Waals surface area contributed by atoms with Gasteiger partial charge in [0.15, 0.2) is 0 Å². The van der Waals surface area contributed by atoms with E-state index in [9.17, 15) is 4.79 Å². The number of hydrogen-bond donors (Lipinski definition) is 0. The van der Waals surface area contributed by atoms with Gasteiger partial charge in [-0.15, -0.1) is 0 Å². The van der Waals surface area contributed by atoms with Gasteiger partial charge in [-0.05, 0) is 0 Å². The molecule has 0 bridgehead atoms. The molecule has 1 aromatic rings. The maximum absolute atomic E-state index is 11.9. The molecule has 2 rings (SSSR count). The Hall–Kier alpha value is -0.701. The molecular formula is C13H14O2SSe. The molecule has 1 unspecified atom stereocenters. The second kappa shape index (κ2) is 5.76. The van der Waals surface area contributed by atoms with Crippen LogP contribution < -0.4 is 0 Å². The van der Waals surface area contributed by atoms with Gasteiger partial charge in [0.05, 0.1) is 0 Å². The van der Waals surface area contributed by atoms with E-state index in [0.29, 0.717) is 25.7 Å². The number of esters is 1. The fraction of sp³-hybridized carbons (Fsp3) is 0.308. The monoisotopic (exact) mass is 314 g/mol. The van der Waals surface area contributed by atoms with Gasteiger partial charge < -0.3 is 0 Å². The summed E-state index contributed by atoms with van der Waals surface area (Å²) in [6.45, 7) is 4.45. The molecule has 0 fully saturated rings. The van der Waals surface area contributed by atoms with Crippen LogP contribution in [-0.4, -0.2) is 31.7 Å². The zero-order chi connectivity index (χ0) is 12.3. The summed E-state index contributed by atoms with van der Waals surface area (Å²) in [5.74, 6) is -0.164. The van der Waals surface area contributed by atoms with Gasteiger partial charge >= 0.3 is 112 Å². The van der Waals surface area contributed by atoms with E-state index in [1.807, 2.05) is 25.1 Å². The normalized spacial score (nSPS) is 19.5. The zero-order valence-corrected chi connectivity index (χ0v) is 12.3. The molecule has 0 aromatic heterocycles. The Morgan fingerprint density at radius 2 is 2.12 bits per heavy atom. The van der Waals surface area contributed by atoms with Gasteiger partial charge in [0, 0.05) is 0 Å². The van der Waals surface area contributed by atoms with Crippen LogP contribution in [0.4, 0.5) is 0 Å². The minimum absolute atomic E-state index is 0.164. The molecule has 2 nitrogen and oxygen atoms in total. The van der Waals surface area contributed by atoms with E-state index in [2.05, 4.69) is 19.1 Å². The predicted octanol–water partition coefficient (Wildman–Crippen LogP) is 2.72. The molecule has 0 aliphatic carbocycles. The standard InChI is InChI=1S/C13H14O2SSe/c1-3-15-13(14)11-12(17-9(2)16-11)10-7-5-4-6-8-10/h4-9H,3H2,1-2H3. The van der Waals surface area contributed by atoms with Gasteiger partial charge in [-0.25, -0.2) is 0 Å². The molecule has 4 heteroatoms. The quantitative estimate of drug-likeness (QED) is 0.634. The van der Waals surface area contributed by atoms with Crippen LogP contribution in [0.3, 0.4) is 0 Å². The third-order valence-corrected chi connectivity index (χ3v) is 6.72. The fourth-order valence-electron chi connectivity index (χ4n) is 1.59. The van der Waals surface area contributed by atoms with Gasteiger partial charge in [0.1, 0.15) is 0 Å². The van der Waals surface area contributed by atoms with Crippen LogP contribution in [0.5, 0.6) is 0 Å². The fourth-order valence-corrected chi connectivity index (χ4v) is 5.98. The van der Waals surface area contributed by atoms with Gasteiger partial charge in [-0.1, -0.05) is 0 Å². The molecule has 0 saturated heterocycles. The Balaban J connectivity index is 2.33. The first-order chi connectivity index (χ1) is 8.22. The Bertz CT molecular complexity index is 442. The van der Waals surface area contributed by atoms with Gasteiger partial charge in [-0.3, -0.25) is 0 Å². The van der Waals surface area contributed by atoms with E-state index >= 15 is 0 Å². The summed E-state index contributed by atoms with van der Waals surface area (Å²) in [5.41, 5.74) is 1.16. The number of thioether (sulfide) groups is 1. The van der Waals surface area contributed by atoms with Crippen molar-refractivity contribution in [3.8, 4) is 0 Å². The van der Waals surface area contributed by atoms with Crippen molar-refractivity contribution >= 4 is 37.2 Å². The molecule has 1 heterocycles. The summed E-state index contributed by atoms with van der Waals surface area (Å²) in [6.07, 6.45) is 0. The van der Waals surface area contributed by atoms with Crippen molar-refractivity contribution in [3.05, 3.63) is 40.8 Å². The number of benzene rings is 1. The van der Waals surface area contributed by atoms with Crippen molar-refractivity contribution in [2.24, 2.45) is 0 Å². The van der Waals surface area contributed by atoms with Crippen LogP contribution in [0, 0.1) is 0 Å². The van der Waals surface area contributed by atoms with Crippen LogP contribution in [-0.2, 0) is 9.53 Å². The topological polar surface area (TPSA) is 26.3 Å². The molecule has 0 amide bonds. The second-order valence-corrected chi connectivity index (χ2v) is 8.41. The van der Waals surface area contributed by atoms with Gasteiger partial charge in [0.2, 0.25) is 0 Å². The molecule has 90 valence electrons. The van der Waals surface area contributed by atoms with E-state index in [4.69, 9.17) is 4.74 Å². The first-order valence-electron chi connectivity index (χ1n) is 5.52. The maximum atomic E-state index is 11.9. The van der Waals surface area contributed by atoms with Crippen molar-refractivity contribution in [2.45, 2.75) is 18.0 Å². The van der Waals surface area contributed by atoms with Crippen molar-refractivity contribution in [2.75, 3.05) is 6.61 Å². The SMILES string of the molecule is CCOC(=O)C1=C(c2ccccc2)[Se]C(C)S1. The Labute approximate surface area is 112 Å². The van der Waals surface area contributed by atoms with E-state index in [1.165, 1.54) is 4.47 Å². The summed E-state index contributed by atoms with van der Waals surface area (Å²) < 4.78 is 6.82. The molecule has 0 N–H and O–H groups in total. The van der Waals surface area contributed by atoms with Crippen LogP contribution in [0.2, 0.25) is 0 Å². The molecule has 17 heavy (non-hydrogen) atoms. The summed E-state index contributed by atoms with van der Waals surface area (Å²) in [6, 6.07) is 10.1. The van der Waals surface area contributed by atoms with E-state index < -0.39 is 0 Å². The Morgan fingerprint density at radius 1 is 1.41 bits per heavy atom. The molecule has 1 aliphatic rings. The number of rotatable bonds is 3. The molecule has 1 aromatic carbocycles. The summed E-state index contributed by atoms with van der Waals surface area (Å²) >= 11 is 1.99. The molecule has 1 atom stereocenters. The van der Waals surface area contributed by atoms with Crippen LogP contribution >= 0.6 is 11.8 Å². The zero-order valence-electron chi connectivity index (χ0n) is 9.80. The predicted molar refractivity (Wildman–Crippen MR) is 72.8 cm³/mol.